The van der Waals surface area contributed by atoms with Crippen molar-refractivity contribution in [3.05, 3.63) is 54.1 Å². The Labute approximate surface area is 114 Å². The third-order valence-electron chi connectivity index (χ3n) is 2.84. The third-order valence-corrected chi connectivity index (χ3v) is 2.84. The fourth-order valence-corrected chi connectivity index (χ4v) is 1.84. The van der Waals surface area contributed by atoms with Crippen LogP contribution in [0.4, 0.5) is 5.69 Å². The van der Waals surface area contributed by atoms with Crippen LogP contribution in [0.2, 0.25) is 0 Å². The van der Waals surface area contributed by atoms with Gasteiger partial charge in [0.1, 0.15) is 17.6 Å². The maximum absolute atomic E-state index is 5.91. The van der Waals surface area contributed by atoms with Gasteiger partial charge in [-0.25, -0.2) is 0 Å². The van der Waals surface area contributed by atoms with Gasteiger partial charge in [0.25, 0.3) is 0 Å². The number of hydrogen-bond acceptors (Lipinski definition) is 3. The van der Waals surface area contributed by atoms with E-state index in [-0.39, 0.29) is 6.10 Å². The standard InChI is InChI=1S/C16H19NO2/c1-3-18-15-5-4-6-16(11-15)19-12(2)13-7-9-14(17)10-8-13/h4-12H,3,17H2,1-2H3. The molecule has 0 saturated carbocycles. The summed E-state index contributed by atoms with van der Waals surface area (Å²) in [6.45, 7) is 4.63. The Morgan fingerprint density at radius 3 is 2.42 bits per heavy atom. The highest BCUT2D eigenvalue weighted by atomic mass is 16.5. The highest BCUT2D eigenvalue weighted by molar-refractivity contribution is 5.40. The van der Waals surface area contributed by atoms with Crippen LogP contribution in [0, 0.1) is 0 Å². The Hall–Kier alpha value is -2.16. The van der Waals surface area contributed by atoms with Gasteiger partial charge in [-0.2, -0.15) is 0 Å². The van der Waals surface area contributed by atoms with E-state index in [0.29, 0.717) is 6.61 Å². The first-order valence-corrected chi connectivity index (χ1v) is 6.44. The fraction of sp³-hybridized carbons (Fsp3) is 0.250. The first-order chi connectivity index (χ1) is 9.19. The molecule has 0 aromatic heterocycles. The van der Waals surface area contributed by atoms with Gasteiger partial charge in [0.05, 0.1) is 6.61 Å². The topological polar surface area (TPSA) is 44.5 Å². The molecule has 3 heteroatoms. The predicted octanol–water partition coefficient (Wildman–Crippen LogP) is 3.81. The van der Waals surface area contributed by atoms with Crippen LogP contribution in [-0.2, 0) is 0 Å². The Kier molecular flexibility index (Phi) is 4.29. The van der Waals surface area contributed by atoms with E-state index in [4.69, 9.17) is 15.2 Å². The van der Waals surface area contributed by atoms with Gasteiger partial charge in [-0.1, -0.05) is 18.2 Å². The Balaban J connectivity index is 2.07. The average Bonchev–Trinajstić information content (AvgIpc) is 2.40. The van der Waals surface area contributed by atoms with E-state index in [1.165, 1.54) is 0 Å². The molecular weight excluding hydrogens is 238 g/mol. The smallest absolute Gasteiger partial charge is 0.123 e. The van der Waals surface area contributed by atoms with Crippen molar-refractivity contribution >= 4 is 5.69 Å². The summed E-state index contributed by atoms with van der Waals surface area (Å²) in [5.41, 5.74) is 7.53. The summed E-state index contributed by atoms with van der Waals surface area (Å²) >= 11 is 0. The van der Waals surface area contributed by atoms with E-state index in [0.717, 1.165) is 22.7 Å². The van der Waals surface area contributed by atoms with Crippen LogP contribution in [0.5, 0.6) is 11.5 Å². The van der Waals surface area contributed by atoms with Gasteiger partial charge in [-0.05, 0) is 43.7 Å². The zero-order chi connectivity index (χ0) is 13.7. The molecule has 0 aliphatic heterocycles. The molecule has 1 atom stereocenters. The molecule has 2 rings (SSSR count). The number of hydrogen-bond donors (Lipinski definition) is 1. The summed E-state index contributed by atoms with van der Waals surface area (Å²) in [6.07, 6.45) is -0.0301. The van der Waals surface area contributed by atoms with Gasteiger partial charge in [0, 0.05) is 11.8 Å². The first-order valence-electron chi connectivity index (χ1n) is 6.44. The Morgan fingerprint density at radius 1 is 1.05 bits per heavy atom. The van der Waals surface area contributed by atoms with Crippen molar-refractivity contribution in [3.8, 4) is 11.5 Å². The largest absolute Gasteiger partial charge is 0.494 e. The number of nitrogens with two attached hydrogens (primary N) is 1. The number of rotatable bonds is 5. The maximum Gasteiger partial charge on any atom is 0.123 e. The summed E-state index contributed by atoms with van der Waals surface area (Å²) in [5, 5.41) is 0. The quantitative estimate of drug-likeness (QED) is 0.828. The van der Waals surface area contributed by atoms with Crippen molar-refractivity contribution in [2.75, 3.05) is 12.3 Å². The van der Waals surface area contributed by atoms with Crippen LogP contribution in [0.3, 0.4) is 0 Å². The van der Waals surface area contributed by atoms with Crippen LogP contribution in [-0.4, -0.2) is 6.61 Å². The molecule has 0 saturated heterocycles. The molecule has 2 N–H and O–H groups in total. The van der Waals surface area contributed by atoms with E-state index in [1.807, 2.05) is 62.4 Å². The van der Waals surface area contributed by atoms with Gasteiger partial charge in [-0.3, -0.25) is 0 Å². The predicted molar refractivity (Wildman–Crippen MR) is 77.5 cm³/mol. The van der Waals surface area contributed by atoms with Gasteiger partial charge >= 0.3 is 0 Å². The first kappa shape index (κ1) is 13.3. The van der Waals surface area contributed by atoms with Gasteiger partial charge in [0.2, 0.25) is 0 Å². The van der Waals surface area contributed by atoms with Crippen molar-refractivity contribution in [3.63, 3.8) is 0 Å². The maximum atomic E-state index is 5.91. The van der Waals surface area contributed by atoms with Crippen LogP contribution in [0.25, 0.3) is 0 Å². The van der Waals surface area contributed by atoms with Crippen LogP contribution >= 0.6 is 0 Å². The van der Waals surface area contributed by atoms with Gasteiger partial charge in [0.15, 0.2) is 0 Å². The second kappa shape index (κ2) is 6.14. The zero-order valence-electron chi connectivity index (χ0n) is 11.3. The average molecular weight is 257 g/mol. The second-order valence-corrected chi connectivity index (χ2v) is 4.33. The Bertz CT molecular complexity index is 523. The number of benzene rings is 2. The molecule has 100 valence electrons. The monoisotopic (exact) mass is 257 g/mol. The van der Waals surface area contributed by atoms with Gasteiger partial charge in [-0.15, -0.1) is 0 Å². The zero-order valence-corrected chi connectivity index (χ0v) is 11.3. The molecule has 3 nitrogen and oxygen atoms in total. The second-order valence-electron chi connectivity index (χ2n) is 4.33. The normalized spacial score (nSPS) is 11.9. The lowest BCUT2D eigenvalue weighted by molar-refractivity contribution is 0.225. The summed E-state index contributed by atoms with van der Waals surface area (Å²) in [6, 6.07) is 15.4. The highest BCUT2D eigenvalue weighted by Gasteiger charge is 2.07. The minimum atomic E-state index is -0.0301. The molecule has 0 radical (unpaired) electrons. The minimum absolute atomic E-state index is 0.0301. The summed E-state index contributed by atoms with van der Waals surface area (Å²) < 4.78 is 11.4. The molecule has 0 aliphatic carbocycles. The third kappa shape index (κ3) is 3.65. The number of nitrogen functional groups attached to an aromatic ring is 1. The highest BCUT2D eigenvalue weighted by Crippen LogP contribution is 2.25. The Morgan fingerprint density at radius 2 is 1.74 bits per heavy atom. The van der Waals surface area contributed by atoms with E-state index in [9.17, 15) is 0 Å². The van der Waals surface area contributed by atoms with E-state index in [1.54, 1.807) is 0 Å². The van der Waals surface area contributed by atoms with Crippen molar-refractivity contribution in [1.29, 1.82) is 0 Å². The minimum Gasteiger partial charge on any atom is -0.494 e. The summed E-state index contributed by atoms with van der Waals surface area (Å²) in [5.74, 6) is 1.62. The molecule has 0 bridgehead atoms. The number of ether oxygens (including phenoxy) is 2. The molecule has 1 unspecified atom stereocenters. The molecule has 2 aromatic rings. The van der Waals surface area contributed by atoms with Crippen molar-refractivity contribution in [2.24, 2.45) is 0 Å². The van der Waals surface area contributed by atoms with Crippen molar-refractivity contribution in [2.45, 2.75) is 20.0 Å². The van der Waals surface area contributed by atoms with E-state index >= 15 is 0 Å². The van der Waals surface area contributed by atoms with Crippen LogP contribution < -0.4 is 15.2 Å². The fourth-order valence-electron chi connectivity index (χ4n) is 1.84. The van der Waals surface area contributed by atoms with Crippen LogP contribution in [0.15, 0.2) is 48.5 Å². The lowest BCUT2D eigenvalue weighted by Crippen LogP contribution is -2.03. The molecule has 0 spiro atoms. The summed E-state index contributed by atoms with van der Waals surface area (Å²) in [7, 11) is 0. The lowest BCUT2D eigenvalue weighted by atomic mass is 10.1. The van der Waals surface area contributed by atoms with Crippen molar-refractivity contribution in [1.82, 2.24) is 0 Å². The SMILES string of the molecule is CCOc1cccc(OC(C)c2ccc(N)cc2)c1. The van der Waals surface area contributed by atoms with E-state index in [2.05, 4.69) is 0 Å². The van der Waals surface area contributed by atoms with Crippen LogP contribution in [0.1, 0.15) is 25.5 Å². The van der Waals surface area contributed by atoms with Crippen molar-refractivity contribution < 1.29 is 9.47 Å². The summed E-state index contributed by atoms with van der Waals surface area (Å²) in [4.78, 5) is 0. The lowest BCUT2D eigenvalue weighted by Gasteiger charge is -2.16. The van der Waals surface area contributed by atoms with Gasteiger partial charge < -0.3 is 15.2 Å². The molecule has 0 heterocycles. The van der Waals surface area contributed by atoms with E-state index < -0.39 is 0 Å². The molecule has 0 aliphatic rings. The molecule has 2 aromatic carbocycles. The molecule has 0 fully saturated rings. The molecule has 19 heavy (non-hydrogen) atoms. The molecular formula is C16H19NO2. The number of anilines is 1. The molecule has 0 amide bonds.